The van der Waals surface area contributed by atoms with Gasteiger partial charge in [-0.3, -0.25) is 0 Å². The van der Waals surface area contributed by atoms with Crippen molar-refractivity contribution in [2.24, 2.45) is 0 Å². The average molecular weight is 143 g/mol. The van der Waals surface area contributed by atoms with E-state index < -0.39 is 12.3 Å². The van der Waals surface area contributed by atoms with E-state index in [9.17, 15) is 0 Å². The molecule has 0 rings (SSSR count). The molecule has 0 atom stereocenters. The summed E-state index contributed by atoms with van der Waals surface area (Å²) < 4.78 is 0. The fourth-order valence-corrected chi connectivity index (χ4v) is 0. The van der Waals surface area contributed by atoms with E-state index in [1.807, 2.05) is 0 Å². The van der Waals surface area contributed by atoms with E-state index in [2.05, 4.69) is 0 Å². The maximum absolute atomic E-state index is 8.33. The third kappa shape index (κ3) is 1090. The zero-order valence-electron chi connectivity index (χ0n) is 4.45. The summed E-state index contributed by atoms with van der Waals surface area (Å²) in [7, 11) is 0. The van der Waals surface area contributed by atoms with Crippen LogP contribution in [0, 0.1) is 0 Å². The molecule has 0 aliphatic rings. The first-order chi connectivity index (χ1) is 3.46. The number of hydrogen-bond donors (Lipinski definition) is 0. The molecule has 0 N–H and O–H groups in total. The molecule has 0 fully saturated rings. The van der Waals surface area contributed by atoms with E-state index in [4.69, 9.17) is 30.0 Å². The van der Waals surface area contributed by atoms with Crippen molar-refractivity contribution in [2.75, 3.05) is 0 Å². The van der Waals surface area contributed by atoms with Crippen LogP contribution < -0.4 is 50.0 Å². The van der Waals surface area contributed by atoms with Crippen molar-refractivity contribution in [2.45, 2.75) is 0 Å². The minimum atomic E-state index is -2.33. The first kappa shape index (κ1) is 15.8. The summed E-state index contributed by atoms with van der Waals surface area (Å²) in [6.07, 6.45) is -4.67. The Morgan fingerprint density at radius 1 is 0.778 bits per heavy atom. The number of carbonyl (C=O) groups is 2. The molecule has 0 radical (unpaired) electrons. The average Bonchev–Trinajstić information content (AvgIpc) is 1.25. The first-order valence-electron chi connectivity index (χ1n) is 1.22. The third-order valence-corrected chi connectivity index (χ3v) is 0. The van der Waals surface area contributed by atoms with E-state index >= 15 is 0 Å². The third-order valence-electron chi connectivity index (χ3n) is 0. The van der Waals surface area contributed by atoms with Crippen LogP contribution in [0.25, 0.3) is 0 Å². The molecule has 0 aliphatic carbocycles. The number of hydrogen-bond acceptors (Lipinski definition) is 6. The van der Waals surface area contributed by atoms with Crippen molar-refractivity contribution in [3.05, 3.63) is 0 Å². The van der Waals surface area contributed by atoms with E-state index in [-0.39, 0.29) is 29.6 Å². The number of carbonyl (C=O) groups excluding carboxylic acids is 2. The van der Waals surface area contributed by atoms with Crippen LogP contribution in [0.3, 0.4) is 0 Å². The fourth-order valence-electron chi connectivity index (χ4n) is 0. The van der Waals surface area contributed by atoms with E-state index in [1.165, 1.54) is 0 Å². The molecule has 0 spiro atoms. The van der Waals surface area contributed by atoms with Gasteiger partial charge in [0.1, 0.15) is 0 Å². The Kier molecular flexibility index (Phi) is 18.5. The van der Waals surface area contributed by atoms with Gasteiger partial charge in [0.25, 0.3) is 0 Å². The summed E-state index contributed by atoms with van der Waals surface area (Å²) in [5.41, 5.74) is 0. The zero-order chi connectivity index (χ0) is 7.15. The van der Waals surface area contributed by atoms with Gasteiger partial charge in [0.15, 0.2) is 0 Å². The first-order valence-corrected chi connectivity index (χ1v) is 1.22. The Morgan fingerprint density at radius 3 is 0.778 bits per heavy atom. The topological polar surface area (TPSA) is 126 Å². The molecule has 0 aromatic heterocycles. The molecule has 0 saturated heterocycles. The minimum absolute atomic E-state index is 0. The predicted molar refractivity (Wildman–Crippen MR) is 10.8 cm³/mol. The van der Waals surface area contributed by atoms with Crippen LogP contribution in [0.15, 0.2) is 0 Å². The van der Waals surface area contributed by atoms with E-state index in [0.29, 0.717) is 0 Å². The van der Waals surface area contributed by atoms with Crippen LogP contribution in [0.2, 0.25) is 0 Å². The van der Waals surface area contributed by atoms with Crippen LogP contribution in [0.5, 0.6) is 0 Å². The SMILES string of the molecule is O=C([O-])[O-].O=C([O-])[O-].[Na+]. The smallest absolute Gasteiger partial charge is 0.652 e. The van der Waals surface area contributed by atoms with Gasteiger partial charge in [-0.05, 0) is 12.3 Å². The van der Waals surface area contributed by atoms with Gasteiger partial charge < -0.3 is 30.0 Å². The molecular formula is C2NaO6-3. The number of rotatable bonds is 0. The van der Waals surface area contributed by atoms with Crippen LogP contribution in [0.1, 0.15) is 0 Å². The van der Waals surface area contributed by atoms with Gasteiger partial charge in [0, 0.05) is 0 Å². The molecule has 48 valence electrons. The Hall–Kier alpha value is -0.460. The van der Waals surface area contributed by atoms with Crippen molar-refractivity contribution < 1.29 is 59.6 Å². The molecule has 0 unspecified atom stereocenters. The second-order valence-electron chi connectivity index (χ2n) is 0.500. The second kappa shape index (κ2) is 10.5. The molecule has 0 bridgehead atoms. The Bertz CT molecular complexity index is 69.1. The Balaban J connectivity index is -0.0000000720. The molecule has 0 saturated carbocycles. The van der Waals surface area contributed by atoms with Gasteiger partial charge in [0.2, 0.25) is 0 Å². The van der Waals surface area contributed by atoms with Gasteiger partial charge in [-0.25, -0.2) is 0 Å². The molecule has 9 heavy (non-hydrogen) atoms. The van der Waals surface area contributed by atoms with Crippen LogP contribution in [-0.4, -0.2) is 12.3 Å². The molecule has 0 aromatic carbocycles. The maximum Gasteiger partial charge on any atom is 1.00 e. The number of carboxylic acid groups (broad SMARTS) is 4. The van der Waals surface area contributed by atoms with Gasteiger partial charge in [-0.15, -0.1) is 0 Å². The maximum atomic E-state index is 8.33. The van der Waals surface area contributed by atoms with E-state index in [1.54, 1.807) is 0 Å². The summed E-state index contributed by atoms with van der Waals surface area (Å²) in [6, 6.07) is 0. The van der Waals surface area contributed by atoms with Crippen LogP contribution >= 0.6 is 0 Å². The molecule has 0 amide bonds. The predicted octanol–water partition coefficient (Wildman–Crippen LogP) is -7.89. The Morgan fingerprint density at radius 2 is 0.778 bits per heavy atom. The fraction of sp³-hybridized carbons (Fsp3) is 0. The normalized spacial score (nSPS) is 5.33. The van der Waals surface area contributed by atoms with Crippen molar-refractivity contribution >= 4 is 12.3 Å². The summed E-state index contributed by atoms with van der Waals surface area (Å²) in [4.78, 5) is 16.7. The van der Waals surface area contributed by atoms with Gasteiger partial charge in [-0.1, -0.05) is 0 Å². The van der Waals surface area contributed by atoms with Gasteiger partial charge in [0.05, 0.1) is 0 Å². The molecule has 0 heterocycles. The molecule has 0 aromatic rings. The monoisotopic (exact) mass is 143 g/mol. The quantitative estimate of drug-likeness (QED) is 0.310. The second-order valence-corrected chi connectivity index (χ2v) is 0.500. The minimum Gasteiger partial charge on any atom is -0.652 e. The summed E-state index contributed by atoms with van der Waals surface area (Å²) >= 11 is 0. The Labute approximate surface area is 72.0 Å². The summed E-state index contributed by atoms with van der Waals surface area (Å²) in [5, 5.41) is 33.3. The van der Waals surface area contributed by atoms with Crippen LogP contribution in [-0.2, 0) is 0 Å². The summed E-state index contributed by atoms with van der Waals surface area (Å²) in [6.45, 7) is 0. The summed E-state index contributed by atoms with van der Waals surface area (Å²) in [5.74, 6) is 0. The van der Waals surface area contributed by atoms with Gasteiger partial charge in [-0.2, -0.15) is 0 Å². The van der Waals surface area contributed by atoms with Crippen molar-refractivity contribution in [1.29, 1.82) is 0 Å². The standard InChI is InChI=1S/2CH2O3.Na/c2*2-1(3)4;/h2*(H2,2,3,4);/q;;+1/p-4. The molecule has 0 aliphatic heterocycles. The molecule has 6 nitrogen and oxygen atoms in total. The zero-order valence-corrected chi connectivity index (χ0v) is 6.45. The van der Waals surface area contributed by atoms with E-state index in [0.717, 1.165) is 0 Å². The largest absolute Gasteiger partial charge is 1.00 e. The van der Waals surface area contributed by atoms with Crippen molar-refractivity contribution in [3.8, 4) is 0 Å². The molecular weight excluding hydrogens is 143 g/mol. The van der Waals surface area contributed by atoms with Crippen molar-refractivity contribution in [3.63, 3.8) is 0 Å². The van der Waals surface area contributed by atoms with Crippen LogP contribution in [0.4, 0.5) is 9.59 Å². The molecule has 7 heteroatoms. The van der Waals surface area contributed by atoms with Gasteiger partial charge >= 0.3 is 29.6 Å². The van der Waals surface area contributed by atoms with Crippen molar-refractivity contribution in [1.82, 2.24) is 0 Å².